The van der Waals surface area contributed by atoms with E-state index in [-0.39, 0.29) is 11.6 Å². The molecule has 0 heterocycles. The average molecular weight is 261 g/mol. The zero-order valence-corrected chi connectivity index (χ0v) is 10.2. The highest BCUT2D eigenvalue weighted by atomic mass is 32.2. The summed E-state index contributed by atoms with van der Waals surface area (Å²) in [5, 5.41) is 2.99. The Morgan fingerprint density at radius 3 is 2.59 bits per heavy atom. The van der Waals surface area contributed by atoms with Gasteiger partial charge in [-0.1, -0.05) is 18.2 Å². The fourth-order valence-electron chi connectivity index (χ4n) is 1.43. The predicted molar refractivity (Wildman–Crippen MR) is 64.0 cm³/mol. The summed E-state index contributed by atoms with van der Waals surface area (Å²) in [5.74, 6) is -0.480. The van der Waals surface area contributed by atoms with Gasteiger partial charge in [0.15, 0.2) is 0 Å². The van der Waals surface area contributed by atoms with Crippen molar-refractivity contribution in [2.24, 2.45) is 0 Å². The van der Waals surface area contributed by atoms with Crippen molar-refractivity contribution in [1.29, 1.82) is 0 Å². The van der Waals surface area contributed by atoms with Crippen LogP contribution in [0.1, 0.15) is 12.0 Å². The number of nitrogens with one attached hydrogen (secondary N) is 1. The lowest BCUT2D eigenvalue weighted by Gasteiger charge is -2.05. The lowest BCUT2D eigenvalue weighted by Crippen LogP contribution is -2.21. The molecule has 0 unspecified atom stereocenters. The van der Waals surface area contributed by atoms with Crippen LogP contribution >= 0.6 is 0 Å². The van der Waals surface area contributed by atoms with Crippen molar-refractivity contribution in [3.8, 4) is 0 Å². The maximum atomic E-state index is 13.2. The van der Waals surface area contributed by atoms with Crippen LogP contribution in [0.2, 0.25) is 0 Å². The minimum absolute atomic E-state index is 0.229. The summed E-state index contributed by atoms with van der Waals surface area (Å²) >= 11 is 0. The molecule has 1 aromatic carbocycles. The third-order valence-electron chi connectivity index (χ3n) is 2.28. The topological polar surface area (TPSA) is 66.4 Å². The van der Waals surface area contributed by atoms with Gasteiger partial charge in [-0.25, -0.2) is 4.39 Å². The maximum Gasteiger partial charge on any atom is 0.264 e. The van der Waals surface area contributed by atoms with Gasteiger partial charge in [0.1, 0.15) is 5.82 Å². The van der Waals surface area contributed by atoms with Crippen molar-refractivity contribution in [2.45, 2.75) is 12.8 Å². The van der Waals surface area contributed by atoms with Crippen LogP contribution in [0.15, 0.2) is 24.3 Å². The Morgan fingerprint density at radius 1 is 1.24 bits per heavy atom. The van der Waals surface area contributed by atoms with Gasteiger partial charge < -0.3 is 5.32 Å². The summed E-state index contributed by atoms with van der Waals surface area (Å²) < 4.78 is 42.5. The average Bonchev–Trinajstić information content (AvgIpc) is 2.24. The highest BCUT2D eigenvalue weighted by Crippen LogP contribution is 2.05. The smallest absolute Gasteiger partial charge is 0.264 e. The Hall–Kier alpha value is -0.980. The molecule has 4 nitrogen and oxygen atoms in total. The Balaban J connectivity index is 2.15. The molecule has 0 aliphatic carbocycles. The first-order chi connectivity index (χ1) is 7.99. The molecule has 0 atom stereocenters. The van der Waals surface area contributed by atoms with Gasteiger partial charge in [-0.2, -0.15) is 8.42 Å². The third kappa shape index (κ3) is 6.35. The van der Waals surface area contributed by atoms with E-state index in [0.717, 1.165) is 0 Å². The summed E-state index contributed by atoms with van der Waals surface area (Å²) in [5.41, 5.74) is 0.634. The van der Waals surface area contributed by atoms with Crippen LogP contribution in [0, 0.1) is 5.82 Å². The summed E-state index contributed by atoms with van der Waals surface area (Å²) in [4.78, 5) is 0. The molecule has 0 radical (unpaired) electrons. The summed E-state index contributed by atoms with van der Waals surface area (Å²) in [7, 11) is -3.87. The second-order valence-electron chi connectivity index (χ2n) is 3.73. The van der Waals surface area contributed by atoms with Gasteiger partial charge in [-0.15, -0.1) is 0 Å². The molecule has 0 fully saturated rings. The third-order valence-corrected chi connectivity index (χ3v) is 3.09. The SMILES string of the molecule is O=S(=O)(O)CCCNCCc1ccccc1F. The van der Waals surface area contributed by atoms with Gasteiger partial charge in [-0.05, 0) is 37.6 Å². The van der Waals surface area contributed by atoms with Crippen LogP contribution in [-0.2, 0) is 16.5 Å². The van der Waals surface area contributed by atoms with Crippen molar-refractivity contribution in [2.75, 3.05) is 18.8 Å². The first-order valence-electron chi connectivity index (χ1n) is 5.38. The molecule has 17 heavy (non-hydrogen) atoms. The van der Waals surface area contributed by atoms with E-state index in [1.54, 1.807) is 18.2 Å². The molecule has 0 amide bonds. The molecular weight excluding hydrogens is 245 g/mol. The van der Waals surface area contributed by atoms with Gasteiger partial charge in [0.25, 0.3) is 10.1 Å². The number of benzene rings is 1. The number of hydrogen-bond donors (Lipinski definition) is 2. The Labute approximate surface area is 101 Å². The van der Waals surface area contributed by atoms with E-state index in [0.29, 0.717) is 31.5 Å². The highest BCUT2D eigenvalue weighted by Gasteiger charge is 2.03. The summed E-state index contributed by atoms with van der Waals surface area (Å²) in [6, 6.07) is 6.54. The van der Waals surface area contributed by atoms with Crippen LogP contribution in [0.3, 0.4) is 0 Å². The van der Waals surface area contributed by atoms with Gasteiger partial charge in [0.05, 0.1) is 5.75 Å². The fourth-order valence-corrected chi connectivity index (χ4v) is 1.94. The molecular formula is C11H16FNO3S. The Bertz CT molecular complexity index is 448. The zero-order chi connectivity index (χ0) is 12.7. The minimum atomic E-state index is -3.87. The van der Waals surface area contributed by atoms with Crippen LogP contribution in [0.25, 0.3) is 0 Å². The minimum Gasteiger partial charge on any atom is -0.316 e. The first-order valence-corrected chi connectivity index (χ1v) is 6.99. The molecule has 0 aliphatic heterocycles. The number of halogens is 1. The van der Waals surface area contributed by atoms with E-state index >= 15 is 0 Å². The molecule has 0 spiro atoms. The predicted octanol–water partition coefficient (Wildman–Crippen LogP) is 1.24. The van der Waals surface area contributed by atoms with Gasteiger partial charge >= 0.3 is 0 Å². The van der Waals surface area contributed by atoms with Crippen LogP contribution < -0.4 is 5.32 Å². The number of hydrogen-bond acceptors (Lipinski definition) is 3. The Kier molecular flexibility index (Phi) is 5.54. The van der Waals surface area contributed by atoms with E-state index in [2.05, 4.69) is 5.32 Å². The quantitative estimate of drug-likeness (QED) is 0.572. The monoisotopic (exact) mass is 261 g/mol. The summed E-state index contributed by atoms with van der Waals surface area (Å²) in [6.45, 7) is 1.06. The summed E-state index contributed by atoms with van der Waals surface area (Å²) in [6.07, 6.45) is 0.897. The van der Waals surface area contributed by atoms with E-state index in [9.17, 15) is 12.8 Å². The second-order valence-corrected chi connectivity index (χ2v) is 5.30. The zero-order valence-electron chi connectivity index (χ0n) is 9.39. The van der Waals surface area contributed by atoms with Crippen LogP contribution in [0.5, 0.6) is 0 Å². The fraction of sp³-hybridized carbons (Fsp3) is 0.455. The first kappa shape index (κ1) is 14.1. The van der Waals surface area contributed by atoms with E-state index in [4.69, 9.17) is 4.55 Å². The normalized spacial score (nSPS) is 11.6. The maximum absolute atomic E-state index is 13.2. The highest BCUT2D eigenvalue weighted by molar-refractivity contribution is 7.85. The van der Waals surface area contributed by atoms with Crippen LogP contribution in [0.4, 0.5) is 4.39 Å². The largest absolute Gasteiger partial charge is 0.316 e. The molecule has 2 N–H and O–H groups in total. The molecule has 0 saturated carbocycles. The molecule has 0 aliphatic rings. The molecule has 0 saturated heterocycles. The van der Waals surface area contributed by atoms with E-state index < -0.39 is 10.1 Å². The van der Waals surface area contributed by atoms with Crippen molar-refractivity contribution in [1.82, 2.24) is 5.32 Å². The number of rotatable bonds is 7. The molecule has 96 valence electrons. The van der Waals surface area contributed by atoms with E-state index in [1.807, 2.05) is 0 Å². The van der Waals surface area contributed by atoms with Gasteiger partial charge in [0, 0.05) is 0 Å². The van der Waals surface area contributed by atoms with Crippen molar-refractivity contribution in [3.63, 3.8) is 0 Å². The van der Waals surface area contributed by atoms with Crippen molar-refractivity contribution >= 4 is 10.1 Å². The molecule has 1 rings (SSSR count). The lowest BCUT2D eigenvalue weighted by atomic mass is 10.1. The molecule has 0 aromatic heterocycles. The van der Waals surface area contributed by atoms with Crippen molar-refractivity contribution in [3.05, 3.63) is 35.6 Å². The van der Waals surface area contributed by atoms with Gasteiger partial charge in [0.2, 0.25) is 0 Å². The van der Waals surface area contributed by atoms with Gasteiger partial charge in [-0.3, -0.25) is 4.55 Å². The lowest BCUT2D eigenvalue weighted by molar-refractivity contribution is 0.479. The van der Waals surface area contributed by atoms with Crippen molar-refractivity contribution < 1.29 is 17.4 Å². The Morgan fingerprint density at radius 2 is 1.94 bits per heavy atom. The molecule has 0 bridgehead atoms. The second kappa shape index (κ2) is 6.68. The molecule has 6 heteroatoms. The van der Waals surface area contributed by atoms with Crippen LogP contribution in [-0.4, -0.2) is 31.8 Å². The van der Waals surface area contributed by atoms with E-state index in [1.165, 1.54) is 6.07 Å². The molecule has 1 aromatic rings. The standard InChI is InChI=1S/C11H16FNO3S/c12-11-5-2-1-4-10(11)6-8-13-7-3-9-17(14,15)16/h1-2,4-5,13H,3,6-9H2,(H,14,15,16).